The minimum Gasteiger partial charge on any atom is -0.435 e. The Labute approximate surface area is 155 Å². The van der Waals surface area contributed by atoms with Gasteiger partial charge in [0.25, 0.3) is 0 Å². The second-order valence-electron chi connectivity index (χ2n) is 6.22. The fraction of sp³-hybridized carbons (Fsp3) is 0.333. The summed E-state index contributed by atoms with van der Waals surface area (Å²) in [4.78, 5) is 15.9. The molecule has 0 saturated carbocycles. The summed E-state index contributed by atoms with van der Waals surface area (Å²) in [6.07, 6.45) is 0. The van der Waals surface area contributed by atoms with Gasteiger partial charge < -0.3 is 9.32 Å². The van der Waals surface area contributed by atoms with Gasteiger partial charge in [0.05, 0.1) is 15.7 Å². The topological polar surface area (TPSA) is 44.9 Å². The molecule has 0 N–H and O–H groups in total. The summed E-state index contributed by atoms with van der Waals surface area (Å²) in [6.45, 7) is 5.50. The van der Waals surface area contributed by atoms with E-state index < -0.39 is 0 Å². The molecule has 0 aliphatic carbocycles. The summed E-state index contributed by atoms with van der Waals surface area (Å²) in [7, 11) is 2.18. The number of aromatic nitrogens is 1. The van der Waals surface area contributed by atoms with Crippen molar-refractivity contribution in [2.24, 2.45) is 4.99 Å². The molecule has 128 valence electrons. The molecule has 5 nitrogen and oxygen atoms in total. The van der Waals surface area contributed by atoms with Crippen LogP contribution in [0.25, 0.3) is 21.9 Å². The van der Waals surface area contributed by atoms with Crippen LogP contribution < -0.4 is 0 Å². The average Bonchev–Trinajstić information content (AvgIpc) is 3.23. The van der Waals surface area contributed by atoms with Crippen LogP contribution in [0.1, 0.15) is 4.88 Å². The van der Waals surface area contributed by atoms with Crippen molar-refractivity contribution >= 4 is 45.5 Å². The van der Waals surface area contributed by atoms with Crippen molar-refractivity contribution in [3.63, 3.8) is 0 Å². The number of isothiocyanates is 1. The van der Waals surface area contributed by atoms with Gasteiger partial charge in [-0.15, -0.1) is 11.3 Å². The zero-order valence-electron chi connectivity index (χ0n) is 13.9. The van der Waals surface area contributed by atoms with Crippen LogP contribution in [0.2, 0.25) is 0 Å². The maximum atomic E-state index is 5.90. The standard InChI is InChI=1S/C18H18N4OS2/c1-21-6-8-22(9-7-21)11-14-3-5-17(25-14)18-20-15-10-13(19-12-24)2-4-16(15)23-18/h2-5,10H,6-9,11H2,1H3. The highest BCUT2D eigenvalue weighted by Crippen LogP contribution is 2.32. The highest BCUT2D eigenvalue weighted by atomic mass is 32.1. The summed E-state index contributed by atoms with van der Waals surface area (Å²) in [5.41, 5.74) is 2.28. The first-order chi connectivity index (χ1) is 12.2. The van der Waals surface area contributed by atoms with Crippen molar-refractivity contribution in [3.8, 4) is 10.8 Å². The van der Waals surface area contributed by atoms with Crippen molar-refractivity contribution < 1.29 is 4.42 Å². The van der Waals surface area contributed by atoms with Crippen molar-refractivity contribution in [1.82, 2.24) is 14.8 Å². The zero-order chi connectivity index (χ0) is 17.2. The average molecular weight is 371 g/mol. The van der Waals surface area contributed by atoms with E-state index in [1.165, 1.54) is 4.88 Å². The Hall–Kier alpha value is -1.89. The van der Waals surface area contributed by atoms with Gasteiger partial charge in [-0.25, -0.2) is 4.98 Å². The highest BCUT2D eigenvalue weighted by Gasteiger charge is 2.16. The molecule has 2 aromatic heterocycles. The molecule has 1 aromatic carbocycles. The first kappa shape index (κ1) is 16.6. The van der Waals surface area contributed by atoms with E-state index in [2.05, 4.69) is 56.3 Å². The van der Waals surface area contributed by atoms with Crippen LogP contribution in [0.3, 0.4) is 0 Å². The van der Waals surface area contributed by atoms with Crippen molar-refractivity contribution in [2.75, 3.05) is 33.2 Å². The Balaban J connectivity index is 1.53. The van der Waals surface area contributed by atoms with Crippen LogP contribution in [0.5, 0.6) is 0 Å². The molecule has 0 atom stereocenters. The number of oxazole rings is 1. The van der Waals surface area contributed by atoms with Gasteiger partial charge in [0.2, 0.25) is 5.89 Å². The van der Waals surface area contributed by atoms with E-state index in [1.54, 1.807) is 11.3 Å². The quantitative estimate of drug-likeness (QED) is 0.512. The number of fused-ring (bicyclic) bond motifs is 1. The van der Waals surface area contributed by atoms with E-state index in [0.29, 0.717) is 5.89 Å². The number of benzene rings is 1. The lowest BCUT2D eigenvalue weighted by Gasteiger charge is -2.31. The molecule has 4 rings (SSSR count). The normalized spacial score (nSPS) is 16.2. The van der Waals surface area contributed by atoms with Crippen LogP contribution in [-0.4, -0.2) is 53.2 Å². The Morgan fingerprint density at radius 2 is 2.08 bits per heavy atom. The Kier molecular flexibility index (Phi) is 4.74. The number of piperazine rings is 1. The van der Waals surface area contributed by atoms with E-state index in [9.17, 15) is 0 Å². The van der Waals surface area contributed by atoms with Gasteiger partial charge in [0, 0.05) is 37.6 Å². The van der Waals surface area contributed by atoms with Crippen molar-refractivity contribution in [2.45, 2.75) is 6.54 Å². The molecular weight excluding hydrogens is 352 g/mol. The van der Waals surface area contributed by atoms with Crippen LogP contribution in [0.4, 0.5) is 5.69 Å². The Bertz CT molecular complexity index is 934. The number of nitrogens with zero attached hydrogens (tertiary/aromatic N) is 4. The molecule has 25 heavy (non-hydrogen) atoms. The Morgan fingerprint density at radius 1 is 1.24 bits per heavy atom. The van der Waals surface area contributed by atoms with Gasteiger partial charge in [-0.1, -0.05) is 0 Å². The van der Waals surface area contributed by atoms with E-state index >= 15 is 0 Å². The Morgan fingerprint density at radius 3 is 2.88 bits per heavy atom. The third-order valence-corrected chi connectivity index (χ3v) is 5.54. The van der Waals surface area contributed by atoms with Crippen LogP contribution in [0.15, 0.2) is 39.7 Å². The third-order valence-electron chi connectivity index (χ3n) is 4.39. The van der Waals surface area contributed by atoms with Crippen molar-refractivity contribution in [3.05, 3.63) is 35.2 Å². The smallest absolute Gasteiger partial charge is 0.237 e. The lowest BCUT2D eigenvalue weighted by atomic mass is 10.3. The summed E-state index contributed by atoms with van der Waals surface area (Å²) in [5, 5.41) is 2.38. The molecule has 3 heterocycles. The van der Waals surface area contributed by atoms with E-state index in [1.807, 2.05) is 18.2 Å². The van der Waals surface area contributed by atoms with E-state index in [0.717, 1.165) is 54.4 Å². The number of thiocarbonyl (C=S) groups is 1. The monoisotopic (exact) mass is 370 g/mol. The lowest BCUT2D eigenvalue weighted by Crippen LogP contribution is -2.43. The fourth-order valence-corrected chi connectivity index (χ4v) is 4.03. The van der Waals surface area contributed by atoms with Gasteiger partial charge in [0.1, 0.15) is 5.52 Å². The second-order valence-corrected chi connectivity index (χ2v) is 7.57. The molecule has 1 aliphatic rings. The zero-order valence-corrected chi connectivity index (χ0v) is 15.6. The predicted octanol–water partition coefficient (Wildman–Crippen LogP) is 4.04. The number of aliphatic imine (C=N–C) groups is 1. The van der Waals surface area contributed by atoms with Gasteiger partial charge in [-0.3, -0.25) is 4.90 Å². The number of hydrogen-bond acceptors (Lipinski definition) is 7. The first-order valence-electron chi connectivity index (χ1n) is 8.20. The van der Waals surface area contributed by atoms with Crippen LogP contribution >= 0.6 is 23.6 Å². The number of rotatable bonds is 4. The van der Waals surface area contributed by atoms with Gasteiger partial charge in [-0.05, 0) is 49.6 Å². The number of likely N-dealkylation sites (N-methyl/N-ethyl adjacent to an activating group) is 1. The second kappa shape index (κ2) is 7.15. The molecule has 1 saturated heterocycles. The van der Waals surface area contributed by atoms with Gasteiger partial charge in [0.15, 0.2) is 5.58 Å². The summed E-state index contributed by atoms with van der Waals surface area (Å²) < 4.78 is 5.90. The molecule has 0 amide bonds. The van der Waals surface area contributed by atoms with Gasteiger partial charge in [-0.2, -0.15) is 4.99 Å². The largest absolute Gasteiger partial charge is 0.435 e. The molecular formula is C18H18N4OS2. The molecule has 1 aliphatic heterocycles. The van der Waals surface area contributed by atoms with E-state index in [-0.39, 0.29) is 0 Å². The SMILES string of the molecule is CN1CCN(Cc2ccc(-c3nc4cc(N=C=S)ccc4o3)s2)CC1. The number of thiophene rings is 1. The lowest BCUT2D eigenvalue weighted by molar-refractivity contribution is 0.149. The summed E-state index contributed by atoms with van der Waals surface area (Å²) in [5.74, 6) is 0.660. The minimum atomic E-state index is 0.660. The van der Waals surface area contributed by atoms with E-state index in [4.69, 9.17) is 4.42 Å². The van der Waals surface area contributed by atoms with Crippen molar-refractivity contribution in [1.29, 1.82) is 0 Å². The summed E-state index contributed by atoms with van der Waals surface area (Å²) >= 11 is 6.40. The molecule has 0 bridgehead atoms. The molecule has 0 unspecified atom stereocenters. The predicted molar refractivity (Wildman–Crippen MR) is 105 cm³/mol. The molecule has 3 aromatic rings. The maximum absolute atomic E-state index is 5.90. The van der Waals surface area contributed by atoms with Gasteiger partial charge >= 0.3 is 0 Å². The summed E-state index contributed by atoms with van der Waals surface area (Å²) in [6, 6.07) is 9.85. The minimum absolute atomic E-state index is 0.660. The third kappa shape index (κ3) is 3.71. The highest BCUT2D eigenvalue weighted by molar-refractivity contribution is 7.78. The molecule has 0 radical (unpaired) electrons. The maximum Gasteiger partial charge on any atom is 0.237 e. The first-order valence-corrected chi connectivity index (χ1v) is 9.42. The molecule has 0 spiro atoms. The van der Waals surface area contributed by atoms with Crippen LogP contribution in [0, 0.1) is 0 Å². The fourth-order valence-electron chi connectivity index (χ4n) is 2.95. The number of hydrogen-bond donors (Lipinski definition) is 0. The van der Waals surface area contributed by atoms with Crippen LogP contribution in [-0.2, 0) is 6.54 Å². The molecule has 1 fully saturated rings. The molecule has 7 heteroatoms.